The maximum atomic E-state index is 14.3. The minimum atomic E-state index is -4.52. The van der Waals surface area contributed by atoms with E-state index in [4.69, 9.17) is 9.47 Å². The van der Waals surface area contributed by atoms with Gasteiger partial charge in [-0.1, -0.05) is 49.4 Å². The lowest BCUT2D eigenvalue weighted by Gasteiger charge is -2.59. The number of carbonyl (C=O) groups excluding carboxylic acids is 2. The van der Waals surface area contributed by atoms with Crippen LogP contribution < -0.4 is 0 Å². The maximum absolute atomic E-state index is 14.3. The molecule has 1 N–H and O–H groups in total. The van der Waals surface area contributed by atoms with Crippen molar-refractivity contribution in [2.75, 3.05) is 5.75 Å². The Morgan fingerprint density at radius 3 is 2.81 bits per heavy atom. The zero-order chi connectivity index (χ0) is 29.7. The van der Waals surface area contributed by atoms with Gasteiger partial charge in [0.1, 0.15) is 0 Å². The molecule has 1 aliphatic heterocycles. The zero-order valence-electron chi connectivity index (χ0n) is 23.2. The average molecular weight is 620 g/mol. The van der Waals surface area contributed by atoms with Crippen molar-refractivity contribution in [1.82, 2.24) is 4.98 Å². The Kier molecular flexibility index (Phi) is 6.65. The van der Waals surface area contributed by atoms with E-state index in [0.29, 0.717) is 23.6 Å². The molecule has 5 aliphatic rings. The fourth-order valence-corrected chi connectivity index (χ4v) is 11.1. The monoisotopic (exact) mass is 619 g/mol. The zero-order valence-corrected chi connectivity index (χ0v) is 24.9. The van der Waals surface area contributed by atoms with Crippen molar-refractivity contribution in [3.05, 3.63) is 48.1 Å². The van der Waals surface area contributed by atoms with Crippen molar-refractivity contribution in [3.8, 4) is 0 Å². The SMILES string of the molecule is CC12C=CC(=O)C=C1CCC1C2C(O)CC2(C)C1C[C@H]1OC(CC(F)(F)F)O[C@]12C(=O)CSc1nc2ccccc2s1. The van der Waals surface area contributed by atoms with E-state index in [-0.39, 0.29) is 41.5 Å². The molecular weight excluding hydrogens is 587 g/mol. The number of halogens is 3. The number of para-hydroxylation sites is 1. The molecule has 2 aromatic rings. The van der Waals surface area contributed by atoms with E-state index in [2.05, 4.69) is 11.9 Å². The van der Waals surface area contributed by atoms with Crippen molar-refractivity contribution in [1.29, 1.82) is 0 Å². The van der Waals surface area contributed by atoms with Gasteiger partial charge in [0.05, 0.1) is 34.6 Å². The summed E-state index contributed by atoms with van der Waals surface area (Å²) in [5.74, 6) is -0.709. The number of hydrogen-bond donors (Lipinski definition) is 1. The molecule has 0 bridgehead atoms. The summed E-state index contributed by atoms with van der Waals surface area (Å²) in [4.78, 5) is 31.1. The first-order valence-electron chi connectivity index (χ1n) is 14.4. The number of thiazole rings is 1. The first-order valence-corrected chi connectivity index (χ1v) is 16.2. The van der Waals surface area contributed by atoms with Crippen LogP contribution in [0.25, 0.3) is 10.2 Å². The number of hydrogen-bond acceptors (Lipinski definition) is 8. The third kappa shape index (κ3) is 4.21. The molecule has 1 aromatic heterocycles. The topological polar surface area (TPSA) is 85.7 Å². The fraction of sp³-hybridized carbons (Fsp3) is 0.581. The Balaban J connectivity index is 1.23. The van der Waals surface area contributed by atoms with Crippen LogP contribution in [0.1, 0.15) is 46.0 Å². The number of alkyl halides is 3. The molecule has 1 aromatic carbocycles. The normalized spacial score (nSPS) is 40.8. The van der Waals surface area contributed by atoms with E-state index in [0.717, 1.165) is 15.8 Å². The number of Topliss-reactive ketones (excluding diaryl/α,β-unsaturated/α-hetero) is 1. The van der Waals surface area contributed by atoms with Crippen LogP contribution in [-0.2, 0) is 19.1 Å². The number of aromatic nitrogens is 1. The van der Waals surface area contributed by atoms with Crippen LogP contribution in [-0.4, -0.2) is 57.7 Å². The highest BCUT2D eigenvalue weighted by Crippen LogP contribution is 2.70. The van der Waals surface area contributed by atoms with Gasteiger partial charge in [-0.3, -0.25) is 9.59 Å². The minimum absolute atomic E-state index is 0.0146. The van der Waals surface area contributed by atoms with Crippen LogP contribution in [0, 0.1) is 28.6 Å². The highest BCUT2D eigenvalue weighted by Gasteiger charge is 2.76. The molecule has 0 spiro atoms. The molecule has 6 nitrogen and oxygen atoms in total. The van der Waals surface area contributed by atoms with Gasteiger partial charge >= 0.3 is 6.18 Å². The lowest BCUT2D eigenvalue weighted by Crippen LogP contribution is -2.63. The molecule has 4 fully saturated rings. The Hall–Kier alpha value is -2.05. The summed E-state index contributed by atoms with van der Waals surface area (Å²) in [7, 11) is 0. The number of aliphatic hydroxyl groups excluding tert-OH is 1. The molecule has 224 valence electrons. The molecule has 9 atom stereocenters. The molecule has 0 radical (unpaired) electrons. The Labute approximate surface area is 249 Å². The number of carbonyl (C=O) groups is 2. The standard InChI is InChI=1S/C31H32F3NO5S2/c1-28-10-9-17(36)11-16(28)7-8-18-19-12-24-31(29(19,2)13-21(37)26(18)28,40-25(39-24)14-30(32,33)34)23(38)15-41-27-35-20-5-3-4-6-22(20)42-27/h3-6,9-11,18-19,21,24-26,37H,7-8,12-15H2,1-2H3/t18?,19?,21?,24-,25?,26?,28?,29?,31-/m1/s1. The summed E-state index contributed by atoms with van der Waals surface area (Å²) in [6.07, 6.45) is -1.96. The number of allylic oxidation sites excluding steroid dienone is 4. The number of fused-ring (bicyclic) bond motifs is 8. The molecule has 3 saturated carbocycles. The smallest absolute Gasteiger partial charge is 0.393 e. The highest BCUT2D eigenvalue weighted by molar-refractivity contribution is 8.01. The summed E-state index contributed by atoms with van der Waals surface area (Å²) in [5.41, 5.74) is -1.22. The average Bonchev–Trinajstić information content (AvgIpc) is 3.56. The molecular formula is C31H32F3NO5S2. The summed E-state index contributed by atoms with van der Waals surface area (Å²) >= 11 is 2.73. The lowest BCUT2D eigenvalue weighted by molar-refractivity contribution is -0.226. The molecule has 11 heteroatoms. The van der Waals surface area contributed by atoms with Crippen LogP contribution >= 0.6 is 23.1 Å². The molecule has 0 amide bonds. The minimum Gasteiger partial charge on any atom is -0.393 e. The van der Waals surface area contributed by atoms with Gasteiger partial charge in [-0.2, -0.15) is 13.2 Å². The van der Waals surface area contributed by atoms with Gasteiger partial charge in [0, 0.05) is 16.7 Å². The van der Waals surface area contributed by atoms with Crippen molar-refractivity contribution >= 4 is 44.9 Å². The molecule has 7 unspecified atom stereocenters. The third-order valence-electron chi connectivity index (χ3n) is 10.7. The Morgan fingerprint density at radius 1 is 1.26 bits per heavy atom. The van der Waals surface area contributed by atoms with Crippen molar-refractivity contribution < 1.29 is 37.3 Å². The van der Waals surface area contributed by atoms with Gasteiger partial charge < -0.3 is 14.6 Å². The lowest BCUT2D eigenvalue weighted by atomic mass is 9.46. The number of benzene rings is 1. The molecule has 2 heterocycles. The maximum Gasteiger partial charge on any atom is 0.393 e. The molecule has 7 rings (SSSR count). The number of nitrogens with zero attached hydrogens (tertiary/aromatic N) is 1. The summed E-state index contributed by atoms with van der Waals surface area (Å²) < 4.78 is 54.3. The van der Waals surface area contributed by atoms with Gasteiger partial charge in [-0.15, -0.1) is 11.3 Å². The number of rotatable bonds is 5. The molecule has 42 heavy (non-hydrogen) atoms. The summed E-state index contributed by atoms with van der Waals surface area (Å²) in [6.45, 7) is 3.97. The number of ether oxygens (including phenoxy) is 2. The van der Waals surface area contributed by atoms with Crippen molar-refractivity contribution in [3.63, 3.8) is 0 Å². The van der Waals surface area contributed by atoms with Crippen LogP contribution in [0.2, 0.25) is 0 Å². The fourth-order valence-electron chi connectivity index (χ4n) is 9.07. The number of aliphatic hydroxyl groups is 1. The summed E-state index contributed by atoms with van der Waals surface area (Å²) in [6, 6.07) is 7.66. The van der Waals surface area contributed by atoms with E-state index in [1.807, 2.05) is 37.3 Å². The second-order valence-corrected chi connectivity index (χ2v) is 15.1. The van der Waals surface area contributed by atoms with Crippen LogP contribution in [0.4, 0.5) is 13.2 Å². The van der Waals surface area contributed by atoms with E-state index in [1.165, 1.54) is 23.1 Å². The largest absolute Gasteiger partial charge is 0.393 e. The second-order valence-electron chi connectivity index (χ2n) is 12.8. The number of thioether (sulfide) groups is 1. The second kappa shape index (κ2) is 9.72. The highest BCUT2D eigenvalue weighted by atomic mass is 32.2. The Bertz CT molecular complexity index is 1490. The Morgan fingerprint density at radius 2 is 2.05 bits per heavy atom. The van der Waals surface area contributed by atoms with Crippen molar-refractivity contribution in [2.24, 2.45) is 28.6 Å². The first kappa shape index (κ1) is 28.7. The van der Waals surface area contributed by atoms with Crippen molar-refractivity contribution in [2.45, 2.75) is 80.6 Å². The first-order chi connectivity index (χ1) is 19.8. The van der Waals surface area contributed by atoms with Crippen LogP contribution in [0.3, 0.4) is 0 Å². The van der Waals surface area contributed by atoms with Gasteiger partial charge in [-0.25, -0.2) is 4.98 Å². The molecule has 1 saturated heterocycles. The van der Waals surface area contributed by atoms with Crippen LogP contribution in [0.15, 0.2) is 52.4 Å². The number of ketones is 2. The predicted molar refractivity (Wildman–Crippen MR) is 152 cm³/mol. The molecule has 4 aliphatic carbocycles. The predicted octanol–water partition coefficient (Wildman–Crippen LogP) is 6.28. The van der Waals surface area contributed by atoms with Gasteiger partial charge in [0.15, 0.2) is 27.8 Å². The summed E-state index contributed by atoms with van der Waals surface area (Å²) in [5, 5.41) is 11.8. The van der Waals surface area contributed by atoms with E-state index in [1.54, 1.807) is 12.2 Å². The van der Waals surface area contributed by atoms with E-state index in [9.17, 15) is 27.9 Å². The third-order valence-corrected chi connectivity index (χ3v) is 12.9. The van der Waals surface area contributed by atoms with E-state index >= 15 is 0 Å². The van der Waals surface area contributed by atoms with Crippen LogP contribution in [0.5, 0.6) is 0 Å². The van der Waals surface area contributed by atoms with Gasteiger partial charge in [0.25, 0.3) is 0 Å². The van der Waals surface area contributed by atoms with E-state index < -0.39 is 47.5 Å². The van der Waals surface area contributed by atoms with Gasteiger partial charge in [-0.05, 0) is 61.8 Å². The van der Waals surface area contributed by atoms with Gasteiger partial charge in [0.2, 0.25) is 0 Å². The quantitative estimate of drug-likeness (QED) is 0.395.